The molecule has 2 unspecified atom stereocenters. The number of carbonyl (C=O) groups is 1. The standard InChI is InChI=1S/C28H32N2O5S/c1-17-5-6-20(15-18(17)2)30-36(32,33)21-7-8-24-23(16-21)25-22(11-14-35-25)26(29-24)28(3)12-9-19(10-13-28)27(31)34-4/h5-10,12,15-16,22,25-26,29-30H,11,13-14H2,1-4H3/t22?,25-,26+,28?/m1/s1. The van der Waals surface area contributed by atoms with E-state index in [1.54, 1.807) is 18.2 Å². The second-order valence-corrected chi connectivity index (χ2v) is 11.9. The number of carbonyl (C=O) groups excluding carboxylic acids is 1. The molecule has 1 aliphatic carbocycles. The first-order valence-corrected chi connectivity index (χ1v) is 13.7. The lowest BCUT2D eigenvalue weighted by atomic mass is 9.67. The summed E-state index contributed by atoms with van der Waals surface area (Å²) in [6, 6.07) is 10.8. The van der Waals surface area contributed by atoms with Crippen LogP contribution in [0.2, 0.25) is 0 Å². The minimum atomic E-state index is -3.76. The van der Waals surface area contributed by atoms with Crippen LogP contribution in [0, 0.1) is 25.2 Å². The number of methoxy groups -OCH3 is 1. The number of nitrogens with one attached hydrogen (secondary N) is 2. The van der Waals surface area contributed by atoms with Gasteiger partial charge in [0.05, 0.1) is 23.7 Å². The van der Waals surface area contributed by atoms with Crippen molar-refractivity contribution < 1.29 is 22.7 Å². The molecule has 5 rings (SSSR count). The third-order valence-electron chi connectivity index (χ3n) is 7.81. The van der Waals surface area contributed by atoms with Crippen LogP contribution in [0.3, 0.4) is 0 Å². The monoisotopic (exact) mass is 508 g/mol. The lowest BCUT2D eigenvalue weighted by Crippen LogP contribution is -2.47. The van der Waals surface area contributed by atoms with E-state index in [1.165, 1.54) is 7.11 Å². The van der Waals surface area contributed by atoms with Crippen LogP contribution in [0.25, 0.3) is 0 Å². The van der Waals surface area contributed by atoms with Gasteiger partial charge in [0, 0.05) is 40.9 Å². The van der Waals surface area contributed by atoms with Crippen molar-refractivity contribution in [2.45, 2.75) is 50.7 Å². The highest BCUT2D eigenvalue weighted by Gasteiger charge is 2.48. The van der Waals surface area contributed by atoms with Gasteiger partial charge in [-0.25, -0.2) is 13.2 Å². The molecule has 3 aliphatic rings. The first-order valence-electron chi connectivity index (χ1n) is 12.2. The average molecular weight is 509 g/mol. The Bertz CT molecular complexity index is 1380. The first-order chi connectivity index (χ1) is 17.1. The summed E-state index contributed by atoms with van der Waals surface area (Å²) in [6.07, 6.45) is 7.23. The smallest absolute Gasteiger partial charge is 0.337 e. The van der Waals surface area contributed by atoms with Crippen LogP contribution in [0.5, 0.6) is 0 Å². The third kappa shape index (κ3) is 4.33. The molecule has 2 aliphatic heterocycles. The molecule has 0 amide bonds. The topological polar surface area (TPSA) is 93.7 Å². The molecule has 0 saturated carbocycles. The van der Waals surface area contributed by atoms with Gasteiger partial charge in [-0.2, -0.15) is 0 Å². The van der Waals surface area contributed by atoms with Crippen LogP contribution in [0.1, 0.15) is 42.6 Å². The fourth-order valence-corrected chi connectivity index (χ4v) is 6.62. The van der Waals surface area contributed by atoms with Gasteiger partial charge in [0.1, 0.15) is 0 Å². The molecule has 190 valence electrons. The van der Waals surface area contributed by atoms with E-state index < -0.39 is 10.0 Å². The molecule has 0 aromatic heterocycles. The van der Waals surface area contributed by atoms with Gasteiger partial charge in [0.25, 0.3) is 10.0 Å². The Morgan fingerprint density at radius 1 is 1.17 bits per heavy atom. The van der Waals surface area contributed by atoms with Gasteiger partial charge in [-0.1, -0.05) is 31.2 Å². The molecule has 1 fully saturated rings. The van der Waals surface area contributed by atoms with Gasteiger partial charge in [0.15, 0.2) is 0 Å². The summed E-state index contributed by atoms with van der Waals surface area (Å²) in [5.74, 6) is -0.161. The summed E-state index contributed by atoms with van der Waals surface area (Å²) in [5.41, 5.74) is 4.75. The molecule has 2 aromatic carbocycles. The number of sulfonamides is 1. The molecular formula is C28H32N2O5S. The van der Waals surface area contributed by atoms with E-state index in [4.69, 9.17) is 9.47 Å². The Morgan fingerprint density at radius 3 is 2.67 bits per heavy atom. The third-order valence-corrected chi connectivity index (χ3v) is 9.19. The van der Waals surface area contributed by atoms with Crippen molar-refractivity contribution in [2.24, 2.45) is 11.3 Å². The molecule has 0 spiro atoms. The van der Waals surface area contributed by atoms with Gasteiger partial charge < -0.3 is 14.8 Å². The number of rotatable bonds is 5. The Morgan fingerprint density at radius 2 is 1.97 bits per heavy atom. The summed E-state index contributed by atoms with van der Waals surface area (Å²) in [6.45, 7) is 6.75. The minimum absolute atomic E-state index is 0.0697. The predicted molar refractivity (Wildman–Crippen MR) is 139 cm³/mol. The minimum Gasteiger partial charge on any atom is -0.465 e. The number of aryl methyl sites for hydroxylation is 2. The fraction of sp³-hybridized carbons (Fsp3) is 0.393. The Balaban J connectivity index is 1.43. The molecule has 0 radical (unpaired) electrons. The maximum absolute atomic E-state index is 13.2. The average Bonchev–Trinajstić information content (AvgIpc) is 3.35. The van der Waals surface area contributed by atoms with Crippen molar-refractivity contribution >= 4 is 27.4 Å². The Labute approximate surface area is 212 Å². The van der Waals surface area contributed by atoms with E-state index in [1.807, 2.05) is 44.2 Å². The highest BCUT2D eigenvalue weighted by atomic mass is 32.2. The van der Waals surface area contributed by atoms with Crippen molar-refractivity contribution in [1.82, 2.24) is 0 Å². The lowest BCUT2D eigenvalue weighted by Gasteiger charge is -2.46. The normalized spacial score (nSPS) is 26.9. The zero-order valence-electron chi connectivity index (χ0n) is 21.0. The van der Waals surface area contributed by atoms with Crippen molar-refractivity contribution in [3.63, 3.8) is 0 Å². The number of ether oxygens (including phenoxy) is 2. The Kier molecular flexibility index (Phi) is 6.21. The number of hydrogen-bond donors (Lipinski definition) is 2. The fourth-order valence-electron chi connectivity index (χ4n) is 5.54. The van der Waals surface area contributed by atoms with E-state index in [9.17, 15) is 13.2 Å². The SMILES string of the molecule is COC(=O)C1=CCC(C)([C@H]2Nc3ccc(S(=O)(=O)Nc4ccc(C)c(C)c4)cc3[C@@H]3OCCC32)C=C1. The second-order valence-electron chi connectivity index (χ2n) is 10.2. The number of benzene rings is 2. The molecule has 7 nitrogen and oxygen atoms in total. The number of fused-ring (bicyclic) bond motifs is 3. The largest absolute Gasteiger partial charge is 0.465 e. The number of esters is 1. The van der Waals surface area contributed by atoms with E-state index in [0.29, 0.717) is 24.3 Å². The maximum atomic E-state index is 13.2. The quantitative estimate of drug-likeness (QED) is 0.550. The van der Waals surface area contributed by atoms with E-state index in [0.717, 1.165) is 28.8 Å². The zero-order valence-corrected chi connectivity index (χ0v) is 21.8. The summed E-state index contributed by atoms with van der Waals surface area (Å²) in [5, 5.41) is 3.69. The van der Waals surface area contributed by atoms with E-state index >= 15 is 0 Å². The predicted octanol–water partition coefficient (Wildman–Crippen LogP) is 5.04. The van der Waals surface area contributed by atoms with Gasteiger partial charge in [-0.05, 0) is 68.1 Å². The molecular weight excluding hydrogens is 476 g/mol. The van der Waals surface area contributed by atoms with Crippen molar-refractivity contribution in [2.75, 3.05) is 23.8 Å². The van der Waals surface area contributed by atoms with Crippen LogP contribution in [0.4, 0.5) is 11.4 Å². The van der Waals surface area contributed by atoms with Crippen molar-refractivity contribution in [1.29, 1.82) is 0 Å². The maximum Gasteiger partial charge on any atom is 0.337 e. The van der Waals surface area contributed by atoms with Crippen LogP contribution in [0.15, 0.2) is 65.1 Å². The van der Waals surface area contributed by atoms with Crippen LogP contribution >= 0.6 is 0 Å². The highest BCUT2D eigenvalue weighted by Crippen LogP contribution is 2.51. The lowest BCUT2D eigenvalue weighted by molar-refractivity contribution is -0.135. The van der Waals surface area contributed by atoms with Crippen molar-refractivity contribution in [3.05, 3.63) is 76.9 Å². The van der Waals surface area contributed by atoms with Gasteiger partial charge in [0.2, 0.25) is 0 Å². The van der Waals surface area contributed by atoms with E-state index in [2.05, 4.69) is 23.0 Å². The molecule has 1 saturated heterocycles. The van der Waals surface area contributed by atoms with Gasteiger partial charge >= 0.3 is 5.97 Å². The molecule has 0 bridgehead atoms. The molecule has 4 atom stereocenters. The van der Waals surface area contributed by atoms with Gasteiger partial charge in [-0.3, -0.25) is 4.72 Å². The summed E-state index contributed by atoms with van der Waals surface area (Å²) in [7, 11) is -2.38. The summed E-state index contributed by atoms with van der Waals surface area (Å²) < 4.78 is 40.2. The zero-order chi connectivity index (χ0) is 25.7. The molecule has 2 heterocycles. The molecule has 2 aromatic rings. The second kappa shape index (κ2) is 9.09. The van der Waals surface area contributed by atoms with Crippen LogP contribution < -0.4 is 10.0 Å². The number of anilines is 2. The van der Waals surface area contributed by atoms with Gasteiger partial charge in [-0.15, -0.1) is 0 Å². The van der Waals surface area contributed by atoms with Crippen LogP contribution in [-0.2, 0) is 24.3 Å². The molecule has 2 N–H and O–H groups in total. The van der Waals surface area contributed by atoms with Crippen LogP contribution in [-0.4, -0.2) is 34.1 Å². The summed E-state index contributed by atoms with van der Waals surface area (Å²) >= 11 is 0. The number of allylic oxidation sites excluding steroid dienone is 1. The summed E-state index contributed by atoms with van der Waals surface area (Å²) in [4.78, 5) is 12.1. The molecule has 8 heteroatoms. The number of hydrogen-bond acceptors (Lipinski definition) is 6. The highest BCUT2D eigenvalue weighted by molar-refractivity contribution is 7.92. The first kappa shape index (κ1) is 24.6. The molecule has 36 heavy (non-hydrogen) atoms. The van der Waals surface area contributed by atoms with E-state index in [-0.39, 0.29) is 34.3 Å². The Hall–Kier alpha value is -3.10. The van der Waals surface area contributed by atoms with Crippen molar-refractivity contribution in [3.8, 4) is 0 Å².